The number of hydrogen-bond acceptors (Lipinski definition) is 4. The normalized spacial score (nSPS) is 20.4. The molecule has 1 atom stereocenters. The summed E-state index contributed by atoms with van der Waals surface area (Å²) in [6.45, 7) is 5.13. The third-order valence-corrected chi connectivity index (χ3v) is 4.41. The summed E-state index contributed by atoms with van der Waals surface area (Å²) < 4.78 is 7.53. The van der Waals surface area contributed by atoms with Crippen molar-refractivity contribution in [1.82, 2.24) is 14.5 Å². The van der Waals surface area contributed by atoms with Crippen molar-refractivity contribution in [3.8, 4) is 5.75 Å². The van der Waals surface area contributed by atoms with Gasteiger partial charge in [-0.05, 0) is 38.0 Å². The number of carbonyl (C=O) groups is 1. The lowest BCUT2D eigenvalue weighted by Crippen LogP contribution is -2.41. The Morgan fingerprint density at radius 2 is 2.25 bits per heavy atom. The number of hydrogen-bond donors (Lipinski definition) is 1. The molecule has 1 fully saturated rings. The minimum absolute atomic E-state index is 0.0115. The van der Waals surface area contributed by atoms with E-state index in [1.807, 2.05) is 42.7 Å². The molecule has 24 heavy (non-hydrogen) atoms. The molecule has 6 heteroatoms. The maximum absolute atomic E-state index is 12.4. The van der Waals surface area contributed by atoms with E-state index in [1.54, 1.807) is 17.3 Å². The number of rotatable bonds is 5. The van der Waals surface area contributed by atoms with Gasteiger partial charge in [-0.1, -0.05) is 12.1 Å². The summed E-state index contributed by atoms with van der Waals surface area (Å²) in [4.78, 5) is 18.2. The molecule has 3 rings (SSSR count). The number of imidazole rings is 1. The van der Waals surface area contributed by atoms with Gasteiger partial charge in [-0.25, -0.2) is 4.98 Å². The van der Waals surface area contributed by atoms with E-state index in [1.165, 1.54) is 0 Å². The number of amides is 1. The molecule has 2 aromatic rings. The van der Waals surface area contributed by atoms with Crippen molar-refractivity contribution in [3.05, 3.63) is 48.0 Å². The van der Waals surface area contributed by atoms with Crippen molar-refractivity contribution in [2.45, 2.75) is 32.4 Å². The standard InChI is InChI=1S/C18H23N3O3/c1-14-4-3-5-16(10-14)24-13-18(23)6-8-21(12-18)17(22)11-20-9-7-19-15(20)2/h3-5,7,9-10,23H,6,8,11-13H2,1-2H3/t18-/m0/s1. The van der Waals surface area contributed by atoms with Gasteiger partial charge in [0.25, 0.3) is 0 Å². The zero-order valence-electron chi connectivity index (χ0n) is 14.1. The highest BCUT2D eigenvalue weighted by molar-refractivity contribution is 5.76. The van der Waals surface area contributed by atoms with Crippen molar-refractivity contribution in [1.29, 1.82) is 0 Å². The van der Waals surface area contributed by atoms with Crippen molar-refractivity contribution in [3.63, 3.8) is 0 Å². The molecule has 1 aromatic heterocycles. The van der Waals surface area contributed by atoms with Gasteiger partial charge < -0.3 is 19.3 Å². The fraction of sp³-hybridized carbons (Fsp3) is 0.444. The van der Waals surface area contributed by atoms with Gasteiger partial charge in [-0.2, -0.15) is 0 Å². The second-order valence-corrected chi connectivity index (χ2v) is 6.50. The average Bonchev–Trinajstić information content (AvgIpc) is 3.13. The zero-order valence-corrected chi connectivity index (χ0v) is 14.1. The summed E-state index contributed by atoms with van der Waals surface area (Å²) in [5, 5.41) is 10.7. The van der Waals surface area contributed by atoms with Crippen LogP contribution in [0, 0.1) is 13.8 Å². The average molecular weight is 329 g/mol. The quantitative estimate of drug-likeness (QED) is 0.903. The van der Waals surface area contributed by atoms with Crippen LogP contribution >= 0.6 is 0 Å². The maximum Gasteiger partial charge on any atom is 0.242 e. The summed E-state index contributed by atoms with van der Waals surface area (Å²) >= 11 is 0. The van der Waals surface area contributed by atoms with Gasteiger partial charge >= 0.3 is 0 Å². The van der Waals surface area contributed by atoms with Crippen LogP contribution in [-0.2, 0) is 11.3 Å². The van der Waals surface area contributed by atoms with E-state index in [2.05, 4.69) is 4.98 Å². The molecule has 1 N–H and O–H groups in total. The highest BCUT2D eigenvalue weighted by Gasteiger charge is 2.39. The Hall–Kier alpha value is -2.34. The Kier molecular flexibility index (Phi) is 4.57. The van der Waals surface area contributed by atoms with Crippen LogP contribution in [0.25, 0.3) is 0 Å². The van der Waals surface area contributed by atoms with E-state index < -0.39 is 5.60 Å². The van der Waals surface area contributed by atoms with Gasteiger partial charge in [0.05, 0.1) is 6.54 Å². The van der Waals surface area contributed by atoms with Crippen LogP contribution in [0.3, 0.4) is 0 Å². The molecule has 1 aliphatic rings. The molecular formula is C18H23N3O3. The third-order valence-electron chi connectivity index (χ3n) is 4.41. The number of aromatic nitrogens is 2. The Labute approximate surface area is 141 Å². The summed E-state index contributed by atoms with van der Waals surface area (Å²) in [6.07, 6.45) is 3.99. The van der Waals surface area contributed by atoms with E-state index in [4.69, 9.17) is 4.74 Å². The molecule has 1 aromatic carbocycles. The van der Waals surface area contributed by atoms with Gasteiger partial charge in [-0.15, -0.1) is 0 Å². The second-order valence-electron chi connectivity index (χ2n) is 6.50. The fourth-order valence-electron chi connectivity index (χ4n) is 2.93. The molecule has 6 nitrogen and oxygen atoms in total. The lowest BCUT2D eigenvalue weighted by Gasteiger charge is -2.24. The Morgan fingerprint density at radius 3 is 2.96 bits per heavy atom. The van der Waals surface area contributed by atoms with Crippen LogP contribution in [0.15, 0.2) is 36.7 Å². The maximum atomic E-state index is 12.4. The van der Waals surface area contributed by atoms with E-state index >= 15 is 0 Å². The predicted molar refractivity (Wildman–Crippen MR) is 89.8 cm³/mol. The van der Waals surface area contributed by atoms with Crippen LogP contribution in [0.5, 0.6) is 5.75 Å². The van der Waals surface area contributed by atoms with Gasteiger partial charge in [-0.3, -0.25) is 4.79 Å². The van der Waals surface area contributed by atoms with Crippen LogP contribution < -0.4 is 4.74 Å². The summed E-state index contributed by atoms with van der Waals surface area (Å²) in [6, 6.07) is 7.72. The van der Waals surface area contributed by atoms with Crippen LogP contribution in [0.1, 0.15) is 17.8 Å². The lowest BCUT2D eigenvalue weighted by molar-refractivity contribution is -0.132. The number of nitrogens with zero attached hydrogens (tertiary/aromatic N) is 3. The fourth-order valence-corrected chi connectivity index (χ4v) is 2.93. The van der Waals surface area contributed by atoms with Crippen LogP contribution in [0.2, 0.25) is 0 Å². The van der Waals surface area contributed by atoms with E-state index in [0.717, 1.165) is 17.1 Å². The first-order valence-corrected chi connectivity index (χ1v) is 8.13. The van der Waals surface area contributed by atoms with Crippen molar-refractivity contribution >= 4 is 5.91 Å². The first kappa shape index (κ1) is 16.5. The molecular weight excluding hydrogens is 306 g/mol. The highest BCUT2D eigenvalue weighted by Crippen LogP contribution is 2.23. The second kappa shape index (κ2) is 6.65. The summed E-state index contributed by atoms with van der Waals surface area (Å²) in [5.74, 6) is 1.53. The number of aryl methyl sites for hydroxylation is 2. The molecule has 1 aliphatic heterocycles. The Balaban J connectivity index is 1.55. The van der Waals surface area contributed by atoms with Crippen LogP contribution in [0.4, 0.5) is 0 Å². The van der Waals surface area contributed by atoms with E-state index in [9.17, 15) is 9.90 Å². The molecule has 0 saturated carbocycles. The SMILES string of the molecule is Cc1cccc(OC[C@]2(O)CCN(C(=O)Cn3ccnc3C)C2)c1. The number of carbonyl (C=O) groups excluding carboxylic acids is 1. The molecule has 0 radical (unpaired) electrons. The number of benzene rings is 1. The number of likely N-dealkylation sites (tertiary alicyclic amines) is 1. The molecule has 2 heterocycles. The first-order valence-electron chi connectivity index (χ1n) is 8.13. The van der Waals surface area contributed by atoms with E-state index in [-0.39, 0.29) is 19.1 Å². The molecule has 1 saturated heterocycles. The number of β-amino-alcohol motifs (C(OH)–C–C–N with tert-alkyl or cyclic N) is 1. The summed E-state index contributed by atoms with van der Waals surface area (Å²) in [7, 11) is 0. The molecule has 1 amide bonds. The molecule has 0 aliphatic carbocycles. The Bertz CT molecular complexity index is 728. The largest absolute Gasteiger partial charge is 0.491 e. The highest BCUT2D eigenvalue weighted by atomic mass is 16.5. The topological polar surface area (TPSA) is 67.6 Å². The number of aliphatic hydroxyl groups is 1. The smallest absolute Gasteiger partial charge is 0.242 e. The van der Waals surface area contributed by atoms with Gasteiger partial charge in [0, 0.05) is 18.9 Å². The molecule has 0 bridgehead atoms. The Morgan fingerprint density at radius 1 is 1.42 bits per heavy atom. The minimum atomic E-state index is -0.997. The van der Waals surface area contributed by atoms with Gasteiger partial charge in [0.2, 0.25) is 5.91 Å². The minimum Gasteiger partial charge on any atom is -0.491 e. The van der Waals surface area contributed by atoms with Gasteiger partial charge in [0.1, 0.15) is 30.3 Å². The van der Waals surface area contributed by atoms with E-state index in [0.29, 0.717) is 19.5 Å². The molecule has 0 spiro atoms. The predicted octanol–water partition coefficient (Wildman–Crippen LogP) is 1.54. The monoisotopic (exact) mass is 329 g/mol. The van der Waals surface area contributed by atoms with Crippen LogP contribution in [-0.4, -0.2) is 50.8 Å². The third kappa shape index (κ3) is 3.76. The summed E-state index contributed by atoms with van der Waals surface area (Å²) in [5.41, 5.74) is 0.113. The van der Waals surface area contributed by atoms with Crippen molar-refractivity contribution in [2.24, 2.45) is 0 Å². The first-order chi connectivity index (χ1) is 11.5. The lowest BCUT2D eigenvalue weighted by atomic mass is 10.1. The van der Waals surface area contributed by atoms with Crippen molar-refractivity contribution in [2.75, 3.05) is 19.7 Å². The number of ether oxygens (including phenoxy) is 1. The molecule has 128 valence electrons. The molecule has 0 unspecified atom stereocenters. The van der Waals surface area contributed by atoms with Gasteiger partial charge in [0.15, 0.2) is 0 Å². The zero-order chi connectivity index (χ0) is 17.2. The van der Waals surface area contributed by atoms with Crippen molar-refractivity contribution < 1.29 is 14.6 Å².